The molecule has 1 aromatic heterocycles. The molecule has 0 saturated heterocycles. The molecular weight excluding hydrogens is 484 g/mol. The zero-order valence-corrected chi connectivity index (χ0v) is 17.8. The minimum Gasteiger partial charge on any atom is -0.276 e. The van der Waals surface area contributed by atoms with E-state index in [0.29, 0.717) is 10.7 Å². The van der Waals surface area contributed by atoms with Crippen LogP contribution in [0.5, 0.6) is 0 Å². The Hall–Kier alpha value is -2.53. The van der Waals surface area contributed by atoms with Gasteiger partial charge in [-0.3, -0.25) is 15.0 Å². The molecule has 0 unspecified atom stereocenters. The molecule has 0 aliphatic carbocycles. The molecule has 0 radical (unpaired) electrons. The number of nitrogens with one attached hydrogen (secondary N) is 2. The van der Waals surface area contributed by atoms with Crippen LogP contribution in [0.4, 0.5) is 0 Å². The van der Waals surface area contributed by atoms with Crippen molar-refractivity contribution in [2.75, 3.05) is 0 Å². The van der Waals surface area contributed by atoms with Crippen LogP contribution in [-0.2, 0) is 21.4 Å². The molecule has 8 nitrogen and oxygen atoms in total. The topological polar surface area (TPSA) is 110 Å². The molecule has 1 amide bonds. The van der Waals surface area contributed by atoms with E-state index in [1.807, 2.05) is 29.1 Å². The number of carbonyl (C=O) groups is 1. The number of amides is 1. The van der Waals surface area contributed by atoms with Gasteiger partial charge in [-0.2, -0.15) is 5.10 Å². The van der Waals surface area contributed by atoms with Crippen molar-refractivity contribution in [3.8, 4) is 11.3 Å². The van der Waals surface area contributed by atoms with Crippen molar-refractivity contribution in [1.29, 1.82) is 0 Å². The summed E-state index contributed by atoms with van der Waals surface area (Å²) in [6.07, 6.45) is 0. The summed E-state index contributed by atoms with van der Waals surface area (Å²) in [5.74, 6) is -0.759. The lowest BCUT2D eigenvalue weighted by Crippen LogP contribution is -2.44. The van der Waals surface area contributed by atoms with Crippen LogP contribution in [0.1, 0.15) is 0 Å². The molecule has 11 heteroatoms. The van der Waals surface area contributed by atoms with Gasteiger partial charge in [0.15, 0.2) is 0 Å². The van der Waals surface area contributed by atoms with Crippen molar-refractivity contribution in [1.82, 2.24) is 20.0 Å². The minimum atomic E-state index is -3.98. The largest absolute Gasteiger partial charge is 0.276 e. The number of rotatable bonds is 6. The van der Waals surface area contributed by atoms with E-state index in [9.17, 15) is 18.0 Å². The number of benzene rings is 2. The Morgan fingerprint density at radius 1 is 1.03 bits per heavy atom. The first-order valence-corrected chi connectivity index (χ1v) is 10.8. The van der Waals surface area contributed by atoms with Crippen LogP contribution in [0.3, 0.4) is 0 Å². The van der Waals surface area contributed by atoms with Crippen LogP contribution in [0.25, 0.3) is 11.3 Å². The maximum Gasteiger partial charge on any atom is 0.267 e. The van der Waals surface area contributed by atoms with E-state index < -0.39 is 28.0 Å². The van der Waals surface area contributed by atoms with Crippen molar-refractivity contribution >= 4 is 43.5 Å². The van der Waals surface area contributed by atoms with Crippen LogP contribution in [0, 0.1) is 0 Å². The van der Waals surface area contributed by atoms with Gasteiger partial charge in [0.2, 0.25) is 0 Å². The minimum absolute atomic E-state index is 0.0743. The molecule has 0 aliphatic rings. The Bertz CT molecular complexity index is 1200. The summed E-state index contributed by atoms with van der Waals surface area (Å²) < 4.78 is 26.2. The smallest absolute Gasteiger partial charge is 0.267 e. The molecule has 3 aromatic rings. The average Bonchev–Trinajstić information content (AvgIpc) is 2.69. The lowest BCUT2D eigenvalue weighted by Gasteiger charge is -2.10. The van der Waals surface area contributed by atoms with E-state index >= 15 is 0 Å². The Labute approximate surface area is 179 Å². The summed E-state index contributed by atoms with van der Waals surface area (Å²) in [5, 5.41) is 4.54. The van der Waals surface area contributed by atoms with Gasteiger partial charge in [0.05, 0.1) is 10.6 Å². The van der Waals surface area contributed by atoms with Gasteiger partial charge in [0, 0.05) is 21.1 Å². The Balaban J connectivity index is 1.70. The zero-order chi connectivity index (χ0) is 21.0. The lowest BCUT2D eigenvalue weighted by atomic mass is 10.1. The number of halogens is 2. The predicted molar refractivity (Wildman–Crippen MR) is 112 cm³/mol. The number of carbonyl (C=O) groups excluding carboxylic acids is 1. The molecular formula is C18H14BrClN4O4S. The number of sulfonamides is 1. The quantitative estimate of drug-likeness (QED) is 0.508. The van der Waals surface area contributed by atoms with Gasteiger partial charge in [-0.1, -0.05) is 39.7 Å². The molecule has 3 rings (SSSR count). The van der Waals surface area contributed by atoms with Crippen LogP contribution in [0.15, 0.2) is 74.8 Å². The Morgan fingerprint density at radius 2 is 1.69 bits per heavy atom. The molecule has 0 atom stereocenters. The lowest BCUT2D eigenvalue weighted by molar-refractivity contribution is -0.122. The fraction of sp³-hybridized carbons (Fsp3) is 0.0556. The number of hydrazine groups is 1. The third-order valence-corrected chi connectivity index (χ3v) is 5.79. The molecule has 0 saturated carbocycles. The summed E-state index contributed by atoms with van der Waals surface area (Å²) >= 11 is 9.07. The maximum atomic E-state index is 12.2. The zero-order valence-electron chi connectivity index (χ0n) is 14.7. The molecule has 0 bridgehead atoms. The van der Waals surface area contributed by atoms with Crippen LogP contribution in [0.2, 0.25) is 5.02 Å². The SMILES string of the molecule is O=C(Cn1nc(-c2ccc(Br)cc2)ccc1=O)NNS(=O)(=O)c1ccc(Cl)cc1. The second kappa shape index (κ2) is 8.87. The van der Waals surface area contributed by atoms with Crippen molar-refractivity contribution < 1.29 is 13.2 Å². The predicted octanol–water partition coefficient (Wildman–Crippen LogP) is 2.34. The number of hydrogen-bond donors (Lipinski definition) is 2. The van der Waals surface area contributed by atoms with Gasteiger partial charge in [0.1, 0.15) is 6.54 Å². The molecule has 150 valence electrons. The summed E-state index contributed by atoms with van der Waals surface area (Å²) in [6.45, 7) is -0.466. The molecule has 2 aromatic carbocycles. The van der Waals surface area contributed by atoms with E-state index in [1.54, 1.807) is 6.07 Å². The van der Waals surface area contributed by atoms with Crippen molar-refractivity contribution in [3.63, 3.8) is 0 Å². The van der Waals surface area contributed by atoms with Crippen LogP contribution in [-0.4, -0.2) is 24.1 Å². The van der Waals surface area contributed by atoms with Gasteiger partial charge < -0.3 is 0 Å². The second-order valence-corrected chi connectivity index (χ2v) is 8.86. The standard InChI is InChI=1S/C18H14BrClN4O4S/c19-13-3-1-12(2-4-13)16-9-10-18(26)24(22-16)11-17(25)21-23-29(27,28)15-7-5-14(20)6-8-15/h1-10,23H,11H2,(H,21,25). The summed E-state index contributed by atoms with van der Waals surface area (Å²) in [4.78, 5) is 26.0. The molecule has 0 spiro atoms. The average molecular weight is 498 g/mol. The third kappa shape index (κ3) is 5.51. The van der Waals surface area contributed by atoms with Gasteiger partial charge in [0.25, 0.3) is 21.5 Å². The first-order valence-electron chi connectivity index (χ1n) is 8.15. The first kappa shape index (κ1) is 21.2. The molecule has 1 heterocycles. The van der Waals surface area contributed by atoms with E-state index in [1.165, 1.54) is 30.3 Å². The van der Waals surface area contributed by atoms with E-state index in [0.717, 1.165) is 14.7 Å². The van der Waals surface area contributed by atoms with Gasteiger partial charge in [-0.15, -0.1) is 4.83 Å². The highest BCUT2D eigenvalue weighted by atomic mass is 79.9. The fourth-order valence-corrected chi connectivity index (χ4v) is 3.56. The highest BCUT2D eigenvalue weighted by Gasteiger charge is 2.15. The van der Waals surface area contributed by atoms with E-state index in [2.05, 4.69) is 26.5 Å². The second-order valence-electron chi connectivity index (χ2n) is 5.83. The van der Waals surface area contributed by atoms with Crippen molar-refractivity contribution in [2.45, 2.75) is 11.4 Å². The van der Waals surface area contributed by atoms with E-state index in [4.69, 9.17) is 11.6 Å². The molecule has 0 fully saturated rings. The summed E-state index contributed by atoms with van der Waals surface area (Å²) in [6, 6.07) is 15.5. The summed E-state index contributed by atoms with van der Waals surface area (Å²) in [7, 11) is -3.98. The summed E-state index contributed by atoms with van der Waals surface area (Å²) in [5.41, 5.74) is 2.81. The van der Waals surface area contributed by atoms with Crippen molar-refractivity contribution in [3.05, 3.63) is 80.5 Å². The fourth-order valence-electron chi connectivity index (χ4n) is 2.31. The highest BCUT2D eigenvalue weighted by Crippen LogP contribution is 2.18. The Kier molecular flexibility index (Phi) is 6.48. The normalized spacial score (nSPS) is 11.2. The third-order valence-electron chi connectivity index (χ3n) is 3.75. The molecule has 2 N–H and O–H groups in total. The first-order chi connectivity index (χ1) is 13.7. The molecule has 0 aliphatic heterocycles. The van der Waals surface area contributed by atoms with Gasteiger partial charge >= 0.3 is 0 Å². The molecule has 29 heavy (non-hydrogen) atoms. The monoisotopic (exact) mass is 496 g/mol. The maximum absolute atomic E-state index is 12.2. The van der Waals surface area contributed by atoms with Crippen molar-refractivity contribution in [2.24, 2.45) is 0 Å². The van der Waals surface area contributed by atoms with Crippen LogP contribution >= 0.6 is 27.5 Å². The van der Waals surface area contributed by atoms with Gasteiger partial charge in [-0.25, -0.2) is 13.1 Å². The number of nitrogens with zero attached hydrogens (tertiary/aromatic N) is 2. The highest BCUT2D eigenvalue weighted by molar-refractivity contribution is 9.10. The van der Waals surface area contributed by atoms with Crippen LogP contribution < -0.4 is 15.8 Å². The number of aromatic nitrogens is 2. The van der Waals surface area contributed by atoms with Gasteiger partial charge in [-0.05, 0) is 42.5 Å². The number of hydrogen-bond acceptors (Lipinski definition) is 5. The van der Waals surface area contributed by atoms with E-state index in [-0.39, 0.29) is 4.90 Å². The Morgan fingerprint density at radius 3 is 2.34 bits per heavy atom.